The van der Waals surface area contributed by atoms with E-state index in [0.717, 1.165) is 0 Å². The summed E-state index contributed by atoms with van der Waals surface area (Å²) in [7, 11) is 0. The van der Waals surface area contributed by atoms with Gasteiger partial charge in [-0.2, -0.15) is 0 Å². The number of ether oxygens (including phenoxy) is 2. The minimum atomic E-state index is -0.989. The van der Waals surface area contributed by atoms with Crippen molar-refractivity contribution >= 4 is 17.8 Å². The van der Waals surface area contributed by atoms with Crippen LogP contribution in [0, 0.1) is 0 Å². The fraction of sp³-hybridized carbons (Fsp3) is 0.308. The molecule has 6 nitrogen and oxygen atoms in total. The lowest BCUT2D eigenvalue weighted by atomic mass is 10.1. The molecule has 0 aliphatic carbocycles. The zero-order valence-corrected chi connectivity index (χ0v) is 10.7. The lowest BCUT2D eigenvalue weighted by Crippen LogP contribution is -2.12. The molecule has 1 radical (unpaired) electrons. The van der Waals surface area contributed by atoms with E-state index in [2.05, 4.69) is 0 Å². The molecule has 0 atom stereocenters. The number of carbonyl (C=O) groups is 3. The topological polar surface area (TPSA) is 93.5 Å². The summed E-state index contributed by atoms with van der Waals surface area (Å²) in [5, 5.41) is 0. The van der Waals surface area contributed by atoms with Gasteiger partial charge in [0.2, 0.25) is 0 Å². The summed E-state index contributed by atoms with van der Waals surface area (Å²) in [5.74, 6) is -2.30. The van der Waals surface area contributed by atoms with Crippen LogP contribution in [0.5, 0.6) is 0 Å². The first kappa shape index (κ1) is 14.7. The predicted molar refractivity (Wildman–Crippen MR) is 65.8 cm³/mol. The van der Waals surface area contributed by atoms with Gasteiger partial charge in [-0.1, -0.05) is 0 Å². The van der Waals surface area contributed by atoms with Crippen LogP contribution >= 0.6 is 0 Å². The summed E-state index contributed by atoms with van der Waals surface area (Å²) < 4.78 is 9.59. The Hall–Kier alpha value is -2.37. The Balaban J connectivity index is 3.21. The molecule has 0 aromatic heterocycles. The molecule has 0 unspecified atom stereocenters. The van der Waals surface area contributed by atoms with Crippen molar-refractivity contribution in [2.24, 2.45) is 0 Å². The minimum Gasteiger partial charge on any atom is -0.462 e. The first-order valence-corrected chi connectivity index (χ1v) is 5.74. The third-order valence-electron chi connectivity index (χ3n) is 2.22. The molecule has 0 bridgehead atoms. The Bertz CT molecular complexity index is 474. The molecule has 0 aliphatic rings. The van der Waals surface area contributed by atoms with E-state index in [0.29, 0.717) is 0 Å². The van der Waals surface area contributed by atoms with Gasteiger partial charge in [0, 0.05) is 5.56 Å². The Morgan fingerprint density at radius 2 is 1.26 bits per heavy atom. The number of carbonyl (C=O) groups excluding carboxylic acids is 3. The van der Waals surface area contributed by atoms with Crippen LogP contribution in [0.15, 0.2) is 18.2 Å². The number of nitrogens with one attached hydrogen (secondary N) is 1. The Labute approximate surface area is 110 Å². The zero-order chi connectivity index (χ0) is 14.4. The second-order valence-corrected chi connectivity index (χ2v) is 3.57. The third-order valence-corrected chi connectivity index (χ3v) is 2.22. The standard InChI is InChI=1S/C13H14NO5/c1-3-18-12(16)9-5-8(11(14)15)6-10(7-9)13(17)19-4-2/h5-7,14H,3-4H2,1-2H3. The number of amides is 1. The van der Waals surface area contributed by atoms with Crippen LogP contribution in [-0.2, 0) is 9.47 Å². The van der Waals surface area contributed by atoms with Crippen molar-refractivity contribution < 1.29 is 23.9 Å². The van der Waals surface area contributed by atoms with Crippen molar-refractivity contribution in [2.45, 2.75) is 13.8 Å². The van der Waals surface area contributed by atoms with Crippen molar-refractivity contribution in [3.8, 4) is 0 Å². The monoisotopic (exact) mass is 264 g/mol. The van der Waals surface area contributed by atoms with E-state index >= 15 is 0 Å². The highest BCUT2D eigenvalue weighted by atomic mass is 16.5. The maximum Gasteiger partial charge on any atom is 0.338 e. The van der Waals surface area contributed by atoms with E-state index < -0.39 is 17.8 Å². The molecule has 1 N–H and O–H groups in total. The summed E-state index contributed by atoms with van der Waals surface area (Å²) in [6.07, 6.45) is 0. The van der Waals surface area contributed by atoms with Gasteiger partial charge in [-0.15, -0.1) is 0 Å². The van der Waals surface area contributed by atoms with Gasteiger partial charge in [0.1, 0.15) is 0 Å². The molecule has 0 saturated carbocycles. The van der Waals surface area contributed by atoms with Gasteiger partial charge < -0.3 is 9.47 Å². The molecule has 101 valence electrons. The predicted octanol–water partition coefficient (Wildman–Crippen LogP) is 1.46. The molecular weight excluding hydrogens is 250 g/mol. The number of hydrogen-bond acceptors (Lipinski definition) is 5. The smallest absolute Gasteiger partial charge is 0.338 e. The van der Waals surface area contributed by atoms with Gasteiger partial charge >= 0.3 is 11.9 Å². The van der Waals surface area contributed by atoms with Crippen molar-refractivity contribution in [2.75, 3.05) is 13.2 Å². The Morgan fingerprint density at radius 1 is 0.895 bits per heavy atom. The maximum atomic E-state index is 11.6. The fourth-order valence-corrected chi connectivity index (χ4v) is 1.42. The number of hydrogen-bond donors (Lipinski definition) is 0. The van der Waals surface area contributed by atoms with Crippen LogP contribution < -0.4 is 5.73 Å². The van der Waals surface area contributed by atoms with Gasteiger partial charge in [0.15, 0.2) is 0 Å². The largest absolute Gasteiger partial charge is 0.462 e. The summed E-state index contributed by atoms with van der Waals surface area (Å²) in [4.78, 5) is 34.3. The van der Waals surface area contributed by atoms with Gasteiger partial charge in [-0.3, -0.25) is 10.5 Å². The quantitative estimate of drug-likeness (QED) is 0.750. The van der Waals surface area contributed by atoms with E-state index in [1.165, 1.54) is 18.2 Å². The van der Waals surface area contributed by atoms with Crippen molar-refractivity contribution in [3.63, 3.8) is 0 Å². The van der Waals surface area contributed by atoms with E-state index in [1.54, 1.807) is 13.8 Å². The van der Waals surface area contributed by atoms with Crippen molar-refractivity contribution in [3.05, 3.63) is 34.9 Å². The summed E-state index contributed by atoms with van der Waals surface area (Å²) in [6.45, 7) is 3.63. The van der Waals surface area contributed by atoms with Crippen LogP contribution in [0.2, 0.25) is 0 Å². The van der Waals surface area contributed by atoms with Crippen LogP contribution in [0.1, 0.15) is 44.9 Å². The molecule has 1 amide bonds. The van der Waals surface area contributed by atoms with Crippen molar-refractivity contribution in [1.29, 1.82) is 0 Å². The average molecular weight is 264 g/mol. The molecule has 0 saturated heterocycles. The molecule has 1 aromatic rings. The second-order valence-electron chi connectivity index (χ2n) is 3.57. The molecule has 6 heteroatoms. The molecule has 19 heavy (non-hydrogen) atoms. The first-order valence-electron chi connectivity index (χ1n) is 5.74. The van der Waals surface area contributed by atoms with Crippen LogP contribution in [-0.4, -0.2) is 31.1 Å². The Morgan fingerprint density at radius 3 is 1.58 bits per heavy atom. The summed E-state index contributed by atoms with van der Waals surface area (Å²) >= 11 is 0. The van der Waals surface area contributed by atoms with E-state index in [9.17, 15) is 14.4 Å². The molecule has 0 spiro atoms. The molecule has 0 heterocycles. The van der Waals surface area contributed by atoms with Gasteiger partial charge in [0.05, 0.1) is 24.3 Å². The third kappa shape index (κ3) is 3.80. The lowest BCUT2D eigenvalue weighted by molar-refractivity contribution is 0.0525. The van der Waals surface area contributed by atoms with E-state index in [4.69, 9.17) is 15.2 Å². The first-order chi connectivity index (χ1) is 8.99. The van der Waals surface area contributed by atoms with Gasteiger partial charge in [0.25, 0.3) is 5.91 Å². The van der Waals surface area contributed by atoms with Crippen LogP contribution in [0.3, 0.4) is 0 Å². The average Bonchev–Trinajstić information content (AvgIpc) is 2.38. The number of rotatable bonds is 5. The fourth-order valence-electron chi connectivity index (χ4n) is 1.42. The summed E-state index contributed by atoms with van der Waals surface area (Å²) in [5.41, 5.74) is 7.08. The lowest BCUT2D eigenvalue weighted by Gasteiger charge is -2.07. The van der Waals surface area contributed by atoms with E-state index in [1.807, 2.05) is 0 Å². The van der Waals surface area contributed by atoms with Crippen LogP contribution in [0.25, 0.3) is 0 Å². The Kier molecular flexibility index (Phi) is 5.05. The number of esters is 2. The van der Waals surface area contributed by atoms with Gasteiger partial charge in [-0.05, 0) is 32.0 Å². The molecule has 1 rings (SSSR count). The molecular formula is C13H14NO5. The maximum absolute atomic E-state index is 11.6. The number of benzene rings is 1. The molecule has 0 fully saturated rings. The zero-order valence-electron chi connectivity index (χ0n) is 10.7. The normalized spacial score (nSPS) is 9.79. The second kappa shape index (κ2) is 6.53. The van der Waals surface area contributed by atoms with Crippen LogP contribution in [0.4, 0.5) is 0 Å². The highest BCUT2D eigenvalue weighted by Crippen LogP contribution is 2.13. The minimum absolute atomic E-state index is 0.0444. The summed E-state index contributed by atoms with van der Waals surface area (Å²) in [6, 6.07) is 3.72. The van der Waals surface area contributed by atoms with Crippen molar-refractivity contribution in [1.82, 2.24) is 5.73 Å². The highest BCUT2D eigenvalue weighted by molar-refractivity contribution is 6.01. The molecule has 1 aromatic carbocycles. The highest BCUT2D eigenvalue weighted by Gasteiger charge is 2.16. The SMILES string of the molecule is CCOC(=O)c1cc(C([NH])=O)cc(C(=O)OCC)c1. The van der Waals surface area contributed by atoms with Gasteiger partial charge in [-0.25, -0.2) is 9.59 Å². The van der Waals surface area contributed by atoms with E-state index in [-0.39, 0.29) is 29.9 Å². The molecule has 0 aliphatic heterocycles.